The average Bonchev–Trinajstić information content (AvgIpc) is 2.67. The molecule has 28 heavy (non-hydrogen) atoms. The van der Waals surface area contributed by atoms with Crippen LogP contribution in [0.4, 0.5) is 8.78 Å². The third-order valence-electron chi connectivity index (χ3n) is 4.24. The molecule has 5 nitrogen and oxygen atoms in total. The Bertz CT molecular complexity index is 755. The number of halogens is 2. The van der Waals surface area contributed by atoms with Gasteiger partial charge in [-0.3, -0.25) is 4.79 Å². The summed E-state index contributed by atoms with van der Waals surface area (Å²) in [5.41, 5.74) is 1.85. The Labute approximate surface area is 164 Å². The quantitative estimate of drug-likeness (QED) is 0.644. The molecule has 152 valence electrons. The van der Waals surface area contributed by atoms with Crippen molar-refractivity contribution in [1.82, 2.24) is 10.6 Å². The van der Waals surface area contributed by atoms with E-state index in [-0.39, 0.29) is 36.5 Å². The number of hydrogen-bond acceptors (Lipinski definition) is 4. The number of carbonyl (C=O) groups excluding carboxylic acids is 1. The fourth-order valence-corrected chi connectivity index (χ4v) is 2.88. The second-order valence-electron chi connectivity index (χ2n) is 6.65. The molecule has 0 heterocycles. The molecular weight excluding hydrogens is 366 g/mol. The van der Waals surface area contributed by atoms with E-state index < -0.39 is 6.61 Å². The van der Waals surface area contributed by atoms with Crippen molar-refractivity contribution in [3.63, 3.8) is 0 Å². The van der Waals surface area contributed by atoms with Crippen LogP contribution >= 0.6 is 0 Å². The molecule has 0 radical (unpaired) electrons. The van der Waals surface area contributed by atoms with Crippen LogP contribution in [0.25, 0.3) is 0 Å². The summed E-state index contributed by atoms with van der Waals surface area (Å²) < 4.78 is 34.2. The van der Waals surface area contributed by atoms with Gasteiger partial charge in [0.25, 0.3) is 0 Å². The summed E-state index contributed by atoms with van der Waals surface area (Å²) >= 11 is 0. The minimum Gasteiger partial charge on any atom is -0.493 e. The smallest absolute Gasteiger partial charge is 0.387 e. The van der Waals surface area contributed by atoms with E-state index in [9.17, 15) is 13.6 Å². The number of hydrogen-bond donors (Lipinski definition) is 2. The molecule has 1 atom stereocenters. The Hall–Kier alpha value is -2.67. The van der Waals surface area contributed by atoms with E-state index >= 15 is 0 Å². The fourth-order valence-electron chi connectivity index (χ4n) is 2.88. The normalized spacial score (nSPS) is 12.1. The first-order valence-electron chi connectivity index (χ1n) is 9.07. The van der Waals surface area contributed by atoms with Crippen LogP contribution in [0.1, 0.15) is 31.0 Å². The fraction of sp³-hybridized carbons (Fsp3) is 0.381. The molecule has 0 spiro atoms. The highest BCUT2D eigenvalue weighted by molar-refractivity contribution is 5.78. The highest BCUT2D eigenvalue weighted by atomic mass is 19.3. The van der Waals surface area contributed by atoms with Crippen molar-refractivity contribution in [2.24, 2.45) is 5.92 Å². The molecule has 2 aromatic rings. The first-order chi connectivity index (χ1) is 13.4. The summed E-state index contributed by atoms with van der Waals surface area (Å²) in [6, 6.07) is 14.6. The topological polar surface area (TPSA) is 59.6 Å². The van der Waals surface area contributed by atoms with Crippen molar-refractivity contribution >= 4 is 5.91 Å². The summed E-state index contributed by atoms with van der Waals surface area (Å²) in [7, 11) is 1.37. The Morgan fingerprint density at radius 2 is 1.79 bits per heavy atom. The van der Waals surface area contributed by atoms with Gasteiger partial charge in [0.2, 0.25) is 5.91 Å². The van der Waals surface area contributed by atoms with E-state index in [2.05, 4.69) is 29.2 Å². The van der Waals surface area contributed by atoms with Gasteiger partial charge in [-0.05, 0) is 29.2 Å². The van der Waals surface area contributed by atoms with Gasteiger partial charge in [0, 0.05) is 12.6 Å². The van der Waals surface area contributed by atoms with E-state index in [1.54, 1.807) is 12.1 Å². The summed E-state index contributed by atoms with van der Waals surface area (Å²) in [5, 5.41) is 6.10. The van der Waals surface area contributed by atoms with Crippen LogP contribution in [0.15, 0.2) is 48.5 Å². The maximum Gasteiger partial charge on any atom is 0.387 e. The molecule has 0 aromatic heterocycles. The maximum atomic E-state index is 12.4. The summed E-state index contributed by atoms with van der Waals surface area (Å²) in [6.07, 6.45) is 0. The molecule has 2 rings (SSSR count). The highest BCUT2D eigenvalue weighted by Crippen LogP contribution is 2.29. The summed E-state index contributed by atoms with van der Waals surface area (Å²) in [5.74, 6) is 0.307. The van der Waals surface area contributed by atoms with Crippen molar-refractivity contribution in [3.8, 4) is 11.5 Å². The number of amides is 1. The van der Waals surface area contributed by atoms with Crippen LogP contribution in [0, 0.1) is 5.92 Å². The number of alkyl halides is 2. The molecule has 0 unspecified atom stereocenters. The van der Waals surface area contributed by atoms with Gasteiger partial charge < -0.3 is 20.1 Å². The first kappa shape index (κ1) is 21.6. The average molecular weight is 392 g/mol. The van der Waals surface area contributed by atoms with E-state index in [1.165, 1.54) is 13.2 Å². The van der Waals surface area contributed by atoms with Crippen molar-refractivity contribution in [3.05, 3.63) is 59.7 Å². The first-order valence-corrected chi connectivity index (χ1v) is 9.07. The SMILES string of the molecule is COc1cc(CNC(=O)CN[C@H](c2ccccc2)C(C)C)ccc1OC(F)F. The van der Waals surface area contributed by atoms with E-state index in [0.717, 1.165) is 11.1 Å². The predicted octanol–water partition coefficient (Wildman–Crippen LogP) is 3.90. The van der Waals surface area contributed by atoms with Crippen molar-refractivity contribution in [2.75, 3.05) is 13.7 Å². The molecule has 0 aliphatic heterocycles. The maximum absolute atomic E-state index is 12.4. The largest absolute Gasteiger partial charge is 0.493 e. The van der Waals surface area contributed by atoms with Crippen molar-refractivity contribution in [1.29, 1.82) is 0 Å². The molecule has 0 aliphatic carbocycles. The van der Waals surface area contributed by atoms with Crippen molar-refractivity contribution in [2.45, 2.75) is 33.0 Å². The van der Waals surface area contributed by atoms with Gasteiger partial charge in [-0.2, -0.15) is 8.78 Å². The Morgan fingerprint density at radius 1 is 1.07 bits per heavy atom. The zero-order valence-corrected chi connectivity index (χ0v) is 16.2. The van der Waals surface area contributed by atoms with E-state index in [1.807, 2.05) is 30.3 Å². The molecule has 2 aromatic carbocycles. The van der Waals surface area contributed by atoms with Crippen LogP contribution in [0.3, 0.4) is 0 Å². The lowest BCUT2D eigenvalue weighted by Gasteiger charge is -2.22. The number of rotatable bonds is 10. The third-order valence-corrected chi connectivity index (χ3v) is 4.24. The molecule has 0 saturated carbocycles. The molecule has 0 aliphatic rings. The predicted molar refractivity (Wildman–Crippen MR) is 103 cm³/mol. The molecule has 1 amide bonds. The van der Waals surface area contributed by atoms with Gasteiger partial charge in [-0.1, -0.05) is 50.2 Å². The molecule has 0 bridgehead atoms. The van der Waals surface area contributed by atoms with E-state index in [0.29, 0.717) is 5.92 Å². The number of nitrogens with one attached hydrogen (secondary N) is 2. The third kappa shape index (κ3) is 6.49. The van der Waals surface area contributed by atoms with Gasteiger partial charge >= 0.3 is 6.61 Å². The van der Waals surface area contributed by atoms with Crippen LogP contribution in [-0.4, -0.2) is 26.2 Å². The number of carbonyl (C=O) groups is 1. The highest BCUT2D eigenvalue weighted by Gasteiger charge is 2.16. The Morgan fingerprint density at radius 3 is 2.39 bits per heavy atom. The molecular formula is C21H26F2N2O3. The summed E-state index contributed by atoms with van der Waals surface area (Å²) in [4.78, 5) is 12.2. The minimum atomic E-state index is -2.93. The molecule has 7 heteroatoms. The Kier molecular flexibility index (Phi) is 8.19. The van der Waals surface area contributed by atoms with Gasteiger partial charge in [-0.25, -0.2) is 0 Å². The van der Waals surface area contributed by atoms with Crippen LogP contribution < -0.4 is 20.1 Å². The zero-order valence-electron chi connectivity index (χ0n) is 16.2. The van der Waals surface area contributed by atoms with Crippen LogP contribution in [-0.2, 0) is 11.3 Å². The second kappa shape index (κ2) is 10.6. The Balaban J connectivity index is 1.89. The lowest BCUT2D eigenvalue weighted by Crippen LogP contribution is -2.37. The van der Waals surface area contributed by atoms with Gasteiger partial charge in [-0.15, -0.1) is 0 Å². The van der Waals surface area contributed by atoms with Crippen LogP contribution in [0.2, 0.25) is 0 Å². The monoisotopic (exact) mass is 392 g/mol. The lowest BCUT2D eigenvalue weighted by atomic mass is 9.96. The lowest BCUT2D eigenvalue weighted by molar-refractivity contribution is -0.120. The van der Waals surface area contributed by atoms with Gasteiger partial charge in [0.05, 0.1) is 13.7 Å². The zero-order chi connectivity index (χ0) is 20.5. The van der Waals surface area contributed by atoms with Gasteiger partial charge in [0.1, 0.15) is 0 Å². The number of ether oxygens (including phenoxy) is 2. The molecule has 0 fully saturated rings. The van der Waals surface area contributed by atoms with Crippen molar-refractivity contribution < 1.29 is 23.0 Å². The minimum absolute atomic E-state index is 0.0446. The van der Waals surface area contributed by atoms with Gasteiger partial charge in [0.15, 0.2) is 11.5 Å². The second-order valence-corrected chi connectivity index (χ2v) is 6.65. The molecule has 0 saturated heterocycles. The van der Waals surface area contributed by atoms with E-state index in [4.69, 9.17) is 4.74 Å². The molecule has 2 N–H and O–H groups in total. The van der Waals surface area contributed by atoms with Crippen LogP contribution in [0.5, 0.6) is 11.5 Å². The summed E-state index contributed by atoms with van der Waals surface area (Å²) in [6.45, 7) is 1.69. The standard InChI is InChI=1S/C21H26F2N2O3/c1-14(2)20(16-7-5-4-6-8-16)25-13-19(26)24-12-15-9-10-17(28-21(22)23)18(11-15)27-3/h4-11,14,20-21,25H,12-13H2,1-3H3,(H,24,26)/t20-/m0/s1. The number of benzene rings is 2. The number of methoxy groups -OCH3 is 1.